The molecule has 3 aromatic rings. The quantitative estimate of drug-likeness (QED) is 0.644. The molecule has 6 nitrogen and oxygen atoms in total. The summed E-state index contributed by atoms with van der Waals surface area (Å²) < 4.78 is 5.21. The number of ether oxygens (including phenoxy) is 1. The Morgan fingerprint density at radius 2 is 1.89 bits per heavy atom. The fourth-order valence-electron chi connectivity index (χ4n) is 2.62. The number of amides is 1. The fourth-order valence-corrected chi connectivity index (χ4v) is 2.62. The first-order chi connectivity index (χ1) is 13.2. The normalized spacial score (nSPS) is 10.3. The maximum atomic E-state index is 12.4. The Labute approximate surface area is 158 Å². The van der Waals surface area contributed by atoms with E-state index in [9.17, 15) is 4.79 Å². The Kier molecular flexibility index (Phi) is 6.35. The van der Waals surface area contributed by atoms with Gasteiger partial charge in [0.05, 0.1) is 18.4 Å². The van der Waals surface area contributed by atoms with Gasteiger partial charge in [-0.15, -0.1) is 0 Å². The van der Waals surface area contributed by atoms with Gasteiger partial charge in [0.2, 0.25) is 0 Å². The highest BCUT2D eigenvalue weighted by atomic mass is 16.5. The molecule has 1 amide bonds. The lowest BCUT2D eigenvalue weighted by Gasteiger charge is -2.09. The van der Waals surface area contributed by atoms with E-state index in [4.69, 9.17) is 4.74 Å². The first-order valence-corrected chi connectivity index (χ1v) is 8.73. The Morgan fingerprint density at radius 1 is 1.04 bits per heavy atom. The third kappa shape index (κ3) is 5.54. The van der Waals surface area contributed by atoms with Crippen molar-refractivity contribution in [1.82, 2.24) is 15.3 Å². The van der Waals surface area contributed by atoms with Gasteiger partial charge in [0, 0.05) is 37.9 Å². The lowest BCUT2D eigenvalue weighted by atomic mass is 10.1. The summed E-state index contributed by atoms with van der Waals surface area (Å²) in [4.78, 5) is 20.5. The number of pyridine rings is 2. The zero-order valence-electron chi connectivity index (χ0n) is 15.2. The van der Waals surface area contributed by atoms with Crippen LogP contribution in [0.2, 0.25) is 0 Å². The van der Waals surface area contributed by atoms with Gasteiger partial charge in [-0.3, -0.25) is 14.8 Å². The molecular weight excluding hydrogens is 340 g/mol. The number of hydrogen-bond acceptors (Lipinski definition) is 5. The lowest BCUT2D eigenvalue weighted by molar-refractivity contribution is 0.0954. The molecule has 2 N–H and O–H groups in total. The molecular formula is C21H22N4O2. The SMILES string of the molecule is COc1cccc(CCNC(=O)c2cncc(NCc3ccncc3)c2)c1. The molecule has 138 valence electrons. The van der Waals surface area contributed by atoms with Crippen molar-refractivity contribution < 1.29 is 9.53 Å². The van der Waals surface area contributed by atoms with Crippen molar-refractivity contribution in [1.29, 1.82) is 0 Å². The number of benzene rings is 1. The lowest BCUT2D eigenvalue weighted by Crippen LogP contribution is -2.25. The number of carbonyl (C=O) groups is 1. The van der Waals surface area contributed by atoms with Gasteiger partial charge in [-0.25, -0.2) is 0 Å². The molecule has 0 saturated heterocycles. The molecule has 0 bridgehead atoms. The summed E-state index contributed by atoms with van der Waals surface area (Å²) >= 11 is 0. The molecule has 0 aliphatic rings. The second-order valence-corrected chi connectivity index (χ2v) is 6.03. The van der Waals surface area contributed by atoms with Crippen LogP contribution in [0.3, 0.4) is 0 Å². The molecule has 0 spiro atoms. The molecule has 0 aliphatic heterocycles. The number of anilines is 1. The molecule has 1 aromatic carbocycles. The summed E-state index contributed by atoms with van der Waals surface area (Å²) in [6.07, 6.45) is 7.51. The van der Waals surface area contributed by atoms with E-state index in [1.807, 2.05) is 36.4 Å². The van der Waals surface area contributed by atoms with Gasteiger partial charge in [-0.2, -0.15) is 0 Å². The van der Waals surface area contributed by atoms with Crippen molar-refractivity contribution in [2.24, 2.45) is 0 Å². The van der Waals surface area contributed by atoms with Crippen LogP contribution >= 0.6 is 0 Å². The highest BCUT2D eigenvalue weighted by molar-refractivity contribution is 5.94. The van der Waals surface area contributed by atoms with Crippen LogP contribution in [0, 0.1) is 0 Å². The topological polar surface area (TPSA) is 76.1 Å². The van der Waals surface area contributed by atoms with Crippen molar-refractivity contribution in [2.45, 2.75) is 13.0 Å². The predicted octanol–water partition coefficient (Wildman–Crippen LogP) is 3.07. The summed E-state index contributed by atoms with van der Waals surface area (Å²) in [6, 6.07) is 13.5. The summed E-state index contributed by atoms with van der Waals surface area (Å²) in [5, 5.41) is 6.20. The van der Waals surface area contributed by atoms with E-state index in [1.54, 1.807) is 38.0 Å². The third-order valence-corrected chi connectivity index (χ3v) is 4.08. The van der Waals surface area contributed by atoms with Crippen LogP contribution in [0.4, 0.5) is 5.69 Å². The number of aromatic nitrogens is 2. The summed E-state index contributed by atoms with van der Waals surface area (Å²) in [5.41, 5.74) is 3.55. The molecule has 0 aliphatic carbocycles. The molecule has 2 aromatic heterocycles. The Hall–Kier alpha value is -3.41. The average Bonchev–Trinajstić information content (AvgIpc) is 2.73. The largest absolute Gasteiger partial charge is 0.497 e. The maximum absolute atomic E-state index is 12.4. The number of nitrogens with one attached hydrogen (secondary N) is 2. The van der Waals surface area contributed by atoms with Crippen LogP contribution < -0.4 is 15.4 Å². The molecule has 2 heterocycles. The number of methoxy groups -OCH3 is 1. The Morgan fingerprint density at radius 3 is 2.70 bits per heavy atom. The third-order valence-electron chi connectivity index (χ3n) is 4.08. The Balaban J connectivity index is 1.52. The number of hydrogen-bond donors (Lipinski definition) is 2. The van der Waals surface area contributed by atoms with E-state index in [0.717, 1.165) is 29.0 Å². The van der Waals surface area contributed by atoms with E-state index < -0.39 is 0 Å². The van der Waals surface area contributed by atoms with Gasteiger partial charge in [-0.1, -0.05) is 12.1 Å². The van der Waals surface area contributed by atoms with Gasteiger partial charge < -0.3 is 15.4 Å². The van der Waals surface area contributed by atoms with E-state index in [1.165, 1.54) is 0 Å². The zero-order chi connectivity index (χ0) is 18.9. The Bertz CT molecular complexity index is 884. The van der Waals surface area contributed by atoms with Crippen molar-refractivity contribution in [3.63, 3.8) is 0 Å². The van der Waals surface area contributed by atoms with Crippen LogP contribution in [0.1, 0.15) is 21.5 Å². The van der Waals surface area contributed by atoms with Crippen molar-refractivity contribution >= 4 is 11.6 Å². The zero-order valence-corrected chi connectivity index (χ0v) is 15.2. The number of carbonyl (C=O) groups excluding carboxylic acids is 1. The first kappa shape index (κ1) is 18.4. The van der Waals surface area contributed by atoms with Gasteiger partial charge in [0.25, 0.3) is 5.91 Å². The van der Waals surface area contributed by atoms with E-state index in [-0.39, 0.29) is 5.91 Å². The monoisotopic (exact) mass is 362 g/mol. The standard InChI is InChI=1S/C21H22N4O2/c1-27-20-4-2-3-16(11-20)7-10-24-21(26)18-12-19(15-23-14-18)25-13-17-5-8-22-9-6-17/h2-6,8-9,11-12,14-15,25H,7,10,13H2,1H3,(H,24,26). The molecule has 0 fully saturated rings. The van der Waals surface area contributed by atoms with Gasteiger partial charge in [0.1, 0.15) is 5.75 Å². The van der Waals surface area contributed by atoms with Gasteiger partial charge in [0.15, 0.2) is 0 Å². The maximum Gasteiger partial charge on any atom is 0.252 e. The van der Waals surface area contributed by atoms with E-state index in [0.29, 0.717) is 18.7 Å². The molecule has 27 heavy (non-hydrogen) atoms. The minimum absolute atomic E-state index is 0.141. The number of rotatable bonds is 8. The van der Waals surface area contributed by atoms with Crippen molar-refractivity contribution in [2.75, 3.05) is 19.0 Å². The van der Waals surface area contributed by atoms with E-state index in [2.05, 4.69) is 20.6 Å². The van der Waals surface area contributed by atoms with Crippen molar-refractivity contribution in [3.05, 3.63) is 83.9 Å². The predicted molar refractivity (Wildman–Crippen MR) is 105 cm³/mol. The first-order valence-electron chi connectivity index (χ1n) is 8.73. The van der Waals surface area contributed by atoms with Crippen LogP contribution in [0.25, 0.3) is 0 Å². The van der Waals surface area contributed by atoms with Crippen LogP contribution in [0.15, 0.2) is 67.3 Å². The van der Waals surface area contributed by atoms with Gasteiger partial charge >= 0.3 is 0 Å². The summed E-state index contributed by atoms with van der Waals surface area (Å²) in [7, 11) is 1.64. The molecule has 6 heteroatoms. The highest BCUT2D eigenvalue weighted by Gasteiger charge is 2.07. The molecule has 3 rings (SSSR count). The molecule has 0 radical (unpaired) electrons. The summed E-state index contributed by atoms with van der Waals surface area (Å²) in [6.45, 7) is 1.19. The van der Waals surface area contributed by atoms with Crippen LogP contribution in [0.5, 0.6) is 5.75 Å². The average molecular weight is 362 g/mol. The number of nitrogens with zero attached hydrogens (tertiary/aromatic N) is 2. The highest BCUT2D eigenvalue weighted by Crippen LogP contribution is 2.13. The van der Waals surface area contributed by atoms with Crippen LogP contribution in [-0.2, 0) is 13.0 Å². The fraction of sp³-hybridized carbons (Fsp3) is 0.190. The second kappa shape index (κ2) is 9.33. The van der Waals surface area contributed by atoms with Gasteiger partial charge in [-0.05, 0) is 47.9 Å². The van der Waals surface area contributed by atoms with Crippen LogP contribution in [-0.4, -0.2) is 29.5 Å². The smallest absolute Gasteiger partial charge is 0.252 e. The molecule has 0 unspecified atom stereocenters. The molecule has 0 atom stereocenters. The minimum atomic E-state index is -0.141. The minimum Gasteiger partial charge on any atom is -0.497 e. The van der Waals surface area contributed by atoms with E-state index >= 15 is 0 Å². The van der Waals surface area contributed by atoms with Crippen molar-refractivity contribution in [3.8, 4) is 5.75 Å². The second-order valence-electron chi connectivity index (χ2n) is 6.03. The molecule has 0 saturated carbocycles. The summed E-state index contributed by atoms with van der Waals surface area (Å²) in [5.74, 6) is 0.675.